The molecule has 11 nitrogen and oxygen atoms in total. The third-order valence-corrected chi connectivity index (χ3v) is 9.76. The zero-order valence-corrected chi connectivity index (χ0v) is 26.7. The van der Waals surface area contributed by atoms with Crippen molar-refractivity contribution in [3.8, 4) is 11.8 Å². The number of piperidine rings is 1. The molecule has 0 bridgehead atoms. The molecule has 0 atom stereocenters. The number of piperazine rings is 1. The number of likely N-dealkylation sites (tertiary alicyclic amines) is 1. The number of nitrogens with zero attached hydrogens (tertiary/aromatic N) is 6. The third-order valence-electron chi connectivity index (χ3n) is 9.44. The Labute approximate surface area is 264 Å². The lowest BCUT2D eigenvalue weighted by atomic mass is 9.49. The fourth-order valence-electron chi connectivity index (χ4n) is 7.11. The molecule has 2 N–H and O–H groups in total. The lowest BCUT2D eigenvalue weighted by Crippen LogP contribution is -2.74. The summed E-state index contributed by atoms with van der Waals surface area (Å²) in [5.74, 6) is 1.09. The second kappa shape index (κ2) is 12.9. The molecular formula is C32H42ClN7O4. The molecule has 1 saturated carbocycles. The van der Waals surface area contributed by atoms with Crippen molar-refractivity contribution in [2.24, 2.45) is 10.8 Å². The molecule has 1 aromatic heterocycles. The van der Waals surface area contributed by atoms with Crippen LogP contribution in [-0.4, -0.2) is 101 Å². The van der Waals surface area contributed by atoms with Gasteiger partial charge in [-0.25, -0.2) is 9.97 Å². The van der Waals surface area contributed by atoms with Crippen LogP contribution in [0.25, 0.3) is 0 Å². The van der Waals surface area contributed by atoms with Crippen LogP contribution in [0.1, 0.15) is 62.9 Å². The zero-order valence-electron chi connectivity index (χ0n) is 25.9. The van der Waals surface area contributed by atoms with Crippen LogP contribution in [0.15, 0.2) is 30.6 Å². The standard InChI is InChI=1S/C32H42ClN7O4/c1-31(2)28(32(3,4)29(31)44-24-6-5-21(18-34)25(33)17-24)37-27(43)22-19-35-30(36-20-22)40-15-13-38(14-16-40)10-9-26(42)39-11-7-23(41)8-12-39/h5-6,17,19-20,23,28-29,41H,7-16H2,1-4H3,(H,37,43). The number of amides is 2. The van der Waals surface area contributed by atoms with Crippen LogP contribution in [0.3, 0.4) is 0 Å². The summed E-state index contributed by atoms with van der Waals surface area (Å²) in [5, 5.41) is 22.3. The minimum Gasteiger partial charge on any atom is -0.489 e. The Morgan fingerprint density at radius 3 is 2.30 bits per heavy atom. The predicted molar refractivity (Wildman–Crippen MR) is 167 cm³/mol. The van der Waals surface area contributed by atoms with Gasteiger partial charge in [0.25, 0.3) is 5.91 Å². The molecule has 3 heterocycles. The van der Waals surface area contributed by atoms with Gasteiger partial charge in [0.15, 0.2) is 0 Å². The minimum absolute atomic E-state index is 0.157. The summed E-state index contributed by atoms with van der Waals surface area (Å²) < 4.78 is 6.32. The third kappa shape index (κ3) is 6.63. The Bertz CT molecular complexity index is 1380. The molecule has 2 saturated heterocycles. The Morgan fingerprint density at radius 2 is 1.70 bits per heavy atom. The van der Waals surface area contributed by atoms with Gasteiger partial charge in [0.2, 0.25) is 11.9 Å². The first kappa shape index (κ1) is 31.9. The van der Waals surface area contributed by atoms with Gasteiger partial charge in [-0.05, 0) is 25.0 Å². The number of nitrogens with one attached hydrogen (secondary N) is 1. The molecule has 12 heteroatoms. The van der Waals surface area contributed by atoms with Crippen LogP contribution in [0, 0.1) is 22.2 Å². The van der Waals surface area contributed by atoms with Crippen molar-refractivity contribution >= 4 is 29.4 Å². The van der Waals surface area contributed by atoms with E-state index < -0.39 is 0 Å². The van der Waals surface area contributed by atoms with Crippen molar-refractivity contribution in [2.75, 3.05) is 50.7 Å². The number of anilines is 1. The van der Waals surface area contributed by atoms with Crippen LogP contribution in [0.4, 0.5) is 5.95 Å². The van der Waals surface area contributed by atoms with Crippen molar-refractivity contribution in [2.45, 2.75) is 65.2 Å². The summed E-state index contributed by atoms with van der Waals surface area (Å²) in [4.78, 5) is 41.0. The van der Waals surface area contributed by atoms with Crippen molar-refractivity contribution in [3.63, 3.8) is 0 Å². The van der Waals surface area contributed by atoms with Gasteiger partial charge in [-0.3, -0.25) is 14.5 Å². The van der Waals surface area contributed by atoms with E-state index in [2.05, 4.69) is 58.8 Å². The van der Waals surface area contributed by atoms with Gasteiger partial charge in [-0.2, -0.15) is 5.26 Å². The van der Waals surface area contributed by atoms with Crippen molar-refractivity contribution in [1.82, 2.24) is 25.1 Å². The molecule has 0 unspecified atom stereocenters. The number of benzene rings is 1. The highest BCUT2D eigenvalue weighted by Gasteiger charge is 2.64. The maximum atomic E-state index is 13.2. The summed E-state index contributed by atoms with van der Waals surface area (Å²) in [6, 6.07) is 6.93. The van der Waals surface area contributed by atoms with Crippen LogP contribution in [0.2, 0.25) is 5.02 Å². The first-order chi connectivity index (χ1) is 20.9. The zero-order chi connectivity index (χ0) is 31.6. The van der Waals surface area contributed by atoms with E-state index in [9.17, 15) is 14.7 Å². The van der Waals surface area contributed by atoms with Gasteiger partial charge in [0.1, 0.15) is 17.9 Å². The normalized spacial score (nSPS) is 23.4. The van der Waals surface area contributed by atoms with E-state index in [1.54, 1.807) is 30.6 Å². The van der Waals surface area contributed by atoms with E-state index >= 15 is 0 Å². The van der Waals surface area contributed by atoms with Crippen molar-refractivity contribution in [1.29, 1.82) is 5.26 Å². The fraction of sp³-hybridized carbons (Fsp3) is 0.594. The quantitative estimate of drug-likeness (QED) is 0.455. The molecule has 2 aliphatic heterocycles. The maximum Gasteiger partial charge on any atom is 0.254 e. The van der Waals surface area contributed by atoms with E-state index in [1.807, 2.05) is 4.90 Å². The van der Waals surface area contributed by atoms with E-state index in [0.29, 0.717) is 66.7 Å². The molecule has 2 amide bonds. The van der Waals surface area contributed by atoms with Gasteiger partial charge in [0, 0.05) is 87.6 Å². The predicted octanol–water partition coefficient (Wildman–Crippen LogP) is 3.11. The number of hydrogen-bond donors (Lipinski definition) is 2. The summed E-state index contributed by atoms with van der Waals surface area (Å²) >= 11 is 6.20. The highest BCUT2D eigenvalue weighted by Crippen LogP contribution is 2.55. The van der Waals surface area contributed by atoms with Crippen molar-refractivity contribution < 1.29 is 19.4 Å². The van der Waals surface area contributed by atoms with Gasteiger partial charge in [-0.15, -0.1) is 0 Å². The van der Waals surface area contributed by atoms with Crippen LogP contribution in [0.5, 0.6) is 5.75 Å². The topological polar surface area (TPSA) is 135 Å². The van der Waals surface area contributed by atoms with Gasteiger partial charge in [0.05, 0.1) is 22.3 Å². The molecule has 3 fully saturated rings. The first-order valence-corrected chi connectivity index (χ1v) is 15.7. The SMILES string of the molecule is CC1(C)C(NC(=O)c2cnc(N3CCN(CCC(=O)N4CCC(O)CC4)CC3)nc2)C(C)(C)C1Oc1ccc(C#N)c(Cl)c1. The van der Waals surface area contributed by atoms with Gasteiger partial charge in [-0.1, -0.05) is 39.3 Å². The molecular weight excluding hydrogens is 582 g/mol. The number of aromatic nitrogens is 2. The maximum absolute atomic E-state index is 13.2. The van der Waals surface area contributed by atoms with E-state index in [-0.39, 0.29) is 40.9 Å². The smallest absolute Gasteiger partial charge is 0.254 e. The summed E-state index contributed by atoms with van der Waals surface area (Å²) in [5.41, 5.74) is 0.0410. The number of aliphatic hydroxyl groups is 1. The lowest BCUT2D eigenvalue weighted by molar-refractivity contribution is -0.164. The number of ether oxygens (including phenoxy) is 1. The van der Waals surface area contributed by atoms with Gasteiger partial charge < -0.3 is 25.0 Å². The summed E-state index contributed by atoms with van der Waals surface area (Å²) in [6.07, 6.45) is 4.48. The minimum atomic E-state index is -0.374. The Hall–Kier alpha value is -3.46. The molecule has 1 aliphatic carbocycles. The molecule has 0 radical (unpaired) electrons. The molecule has 5 rings (SSSR count). The molecule has 1 aromatic carbocycles. The van der Waals surface area contributed by atoms with Crippen LogP contribution < -0.4 is 15.0 Å². The van der Waals surface area contributed by atoms with Crippen LogP contribution in [-0.2, 0) is 4.79 Å². The fourth-order valence-corrected chi connectivity index (χ4v) is 7.32. The highest BCUT2D eigenvalue weighted by molar-refractivity contribution is 6.31. The Morgan fingerprint density at radius 1 is 1.07 bits per heavy atom. The number of rotatable bonds is 8. The summed E-state index contributed by atoms with van der Waals surface area (Å²) in [7, 11) is 0. The summed E-state index contributed by atoms with van der Waals surface area (Å²) in [6.45, 7) is 13.3. The van der Waals surface area contributed by atoms with Gasteiger partial charge >= 0.3 is 0 Å². The number of carbonyl (C=O) groups is 2. The molecule has 44 heavy (non-hydrogen) atoms. The average Bonchev–Trinajstić information content (AvgIpc) is 3.01. The number of aliphatic hydroxyl groups excluding tert-OH is 1. The average molecular weight is 624 g/mol. The number of nitriles is 1. The van der Waals surface area contributed by atoms with E-state index in [0.717, 1.165) is 26.2 Å². The first-order valence-electron chi connectivity index (χ1n) is 15.3. The molecule has 236 valence electrons. The second-order valence-electron chi connectivity index (χ2n) is 13.3. The second-order valence-corrected chi connectivity index (χ2v) is 13.7. The van der Waals surface area contributed by atoms with E-state index in [4.69, 9.17) is 21.6 Å². The Balaban J connectivity index is 1.10. The molecule has 3 aliphatic rings. The van der Waals surface area contributed by atoms with Crippen molar-refractivity contribution in [3.05, 3.63) is 46.7 Å². The Kier molecular flexibility index (Phi) is 9.35. The molecule has 0 spiro atoms. The highest BCUT2D eigenvalue weighted by atomic mass is 35.5. The lowest BCUT2D eigenvalue weighted by Gasteiger charge is -2.63. The largest absolute Gasteiger partial charge is 0.489 e. The monoisotopic (exact) mass is 623 g/mol. The van der Waals surface area contributed by atoms with Crippen LogP contribution >= 0.6 is 11.6 Å². The number of hydrogen-bond acceptors (Lipinski definition) is 9. The number of halogens is 1. The molecule has 2 aromatic rings. The van der Waals surface area contributed by atoms with E-state index in [1.165, 1.54) is 0 Å². The number of carbonyl (C=O) groups excluding carboxylic acids is 2.